The van der Waals surface area contributed by atoms with Gasteiger partial charge >= 0.3 is 0 Å². The number of nitrogens with zero attached hydrogens (tertiary/aromatic N) is 3. The molecule has 2 fully saturated rings. The first-order valence-electron chi connectivity index (χ1n) is 7.98. The van der Waals surface area contributed by atoms with Crippen LogP contribution in [-0.4, -0.2) is 71.3 Å². The van der Waals surface area contributed by atoms with Crippen LogP contribution in [0.5, 0.6) is 0 Å². The molecule has 6 nitrogen and oxygen atoms in total. The molecule has 1 atom stereocenters. The highest BCUT2D eigenvalue weighted by atomic mass is 32.2. The minimum Gasteiger partial charge on any atom is -0.335 e. The molecule has 0 amide bonds. The second kappa shape index (κ2) is 7.33. The minimum absolute atomic E-state index is 0.0545. The second-order valence-corrected chi connectivity index (χ2v) is 8.98. The first-order chi connectivity index (χ1) is 10.7. The van der Waals surface area contributed by atoms with Gasteiger partial charge in [0.05, 0.1) is 12.5 Å². The Kier molecular flexibility index (Phi) is 5.43. The molecule has 2 aliphatic rings. The van der Waals surface area contributed by atoms with Crippen LogP contribution in [0.3, 0.4) is 0 Å². The van der Waals surface area contributed by atoms with Crippen molar-refractivity contribution >= 4 is 21.8 Å². The monoisotopic (exact) mass is 344 g/mol. The quantitative estimate of drug-likeness (QED) is 0.894. The Morgan fingerprint density at radius 2 is 2.05 bits per heavy atom. The van der Waals surface area contributed by atoms with Crippen molar-refractivity contribution < 1.29 is 8.42 Å². The number of piperidine rings is 1. The van der Waals surface area contributed by atoms with Gasteiger partial charge in [0.25, 0.3) is 10.0 Å². The van der Waals surface area contributed by atoms with E-state index in [2.05, 4.69) is 14.9 Å². The van der Waals surface area contributed by atoms with Crippen molar-refractivity contribution in [3.63, 3.8) is 0 Å². The van der Waals surface area contributed by atoms with Crippen LogP contribution in [0.15, 0.2) is 17.6 Å². The standard InChI is InChI=1S/C14H24N4O2S2/c19-22(20,14-9-15-12-16-14)18-7-4-8-21-11-13(18)10-17-5-2-1-3-6-17/h9,12-13H,1-8,10-11H2,(H,15,16). The summed E-state index contributed by atoms with van der Waals surface area (Å²) < 4.78 is 27.5. The molecular weight excluding hydrogens is 320 g/mol. The maximum Gasteiger partial charge on any atom is 0.260 e. The average Bonchev–Trinajstić information content (AvgIpc) is 2.97. The molecular formula is C14H24N4O2S2. The number of hydrogen-bond acceptors (Lipinski definition) is 5. The van der Waals surface area contributed by atoms with Gasteiger partial charge in [0.1, 0.15) is 0 Å². The van der Waals surface area contributed by atoms with Crippen LogP contribution in [0.4, 0.5) is 0 Å². The Morgan fingerprint density at radius 1 is 1.23 bits per heavy atom. The molecule has 1 unspecified atom stereocenters. The minimum atomic E-state index is -3.47. The Bertz CT molecular complexity index is 555. The van der Waals surface area contributed by atoms with Gasteiger partial charge in [-0.25, -0.2) is 13.4 Å². The van der Waals surface area contributed by atoms with Crippen LogP contribution in [0, 0.1) is 0 Å². The van der Waals surface area contributed by atoms with E-state index in [-0.39, 0.29) is 11.1 Å². The van der Waals surface area contributed by atoms with Gasteiger partial charge in [-0.3, -0.25) is 0 Å². The van der Waals surface area contributed by atoms with E-state index in [4.69, 9.17) is 0 Å². The molecule has 1 aromatic rings. The number of imidazole rings is 1. The summed E-state index contributed by atoms with van der Waals surface area (Å²) in [5.74, 6) is 1.91. The van der Waals surface area contributed by atoms with E-state index in [1.165, 1.54) is 31.8 Å². The van der Waals surface area contributed by atoms with E-state index in [0.717, 1.165) is 37.6 Å². The summed E-state index contributed by atoms with van der Waals surface area (Å²) in [5, 5.41) is 0.211. The molecule has 0 radical (unpaired) electrons. The maximum absolute atomic E-state index is 12.9. The zero-order valence-electron chi connectivity index (χ0n) is 12.8. The predicted molar refractivity (Wildman–Crippen MR) is 88.5 cm³/mol. The van der Waals surface area contributed by atoms with Gasteiger partial charge in [-0.05, 0) is 38.1 Å². The molecule has 3 heterocycles. The normalized spacial score (nSPS) is 25.9. The molecule has 0 saturated carbocycles. The largest absolute Gasteiger partial charge is 0.335 e. The van der Waals surface area contributed by atoms with E-state index in [1.54, 1.807) is 4.31 Å². The van der Waals surface area contributed by atoms with Crippen molar-refractivity contribution in [3.05, 3.63) is 12.5 Å². The van der Waals surface area contributed by atoms with E-state index in [1.807, 2.05) is 11.8 Å². The van der Waals surface area contributed by atoms with Crippen LogP contribution < -0.4 is 0 Å². The number of aromatic amines is 1. The molecule has 124 valence electrons. The van der Waals surface area contributed by atoms with Crippen LogP contribution in [0.1, 0.15) is 25.7 Å². The topological polar surface area (TPSA) is 69.3 Å². The third kappa shape index (κ3) is 3.67. The highest BCUT2D eigenvalue weighted by molar-refractivity contribution is 7.99. The molecule has 2 aliphatic heterocycles. The molecule has 3 rings (SSSR count). The van der Waals surface area contributed by atoms with Crippen molar-refractivity contribution in [2.45, 2.75) is 36.8 Å². The Balaban J connectivity index is 1.78. The first-order valence-corrected chi connectivity index (χ1v) is 10.6. The molecule has 8 heteroatoms. The molecule has 0 aliphatic carbocycles. The van der Waals surface area contributed by atoms with Crippen LogP contribution in [0.2, 0.25) is 0 Å². The number of nitrogens with one attached hydrogen (secondary N) is 1. The zero-order chi connectivity index (χ0) is 15.4. The van der Waals surface area contributed by atoms with Gasteiger partial charge in [-0.2, -0.15) is 16.1 Å². The Morgan fingerprint density at radius 3 is 2.77 bits per heavy atom. The Labute approximate surface area is 136 Å². The van der Waals surface area contributed by atoms with Crippen LogP contribution in [-0.2, 0) is 10.0 Å². The third-order valence-corrected chi connectivity index (χ3v) is 7.44. The lowest BCUT2D eigenvalue weighted by Crippen LogP contribution is -2.49. The fraction of sp³-hybridized carbons (Fsp3) is 0.786. The third-order valence-electron chi connectivity index (χ3n) is 4.36. The summed E-state index contributed by atoms with van der Waals surface area (Å²) in [5.41, 5.74) is 0. The van der Waals surface area contributed by atoms with E-state index >= 15 is 0 Å². The summed E-state index contributed by atoms with van der Waals surface area (Å²) in [6.07, 6.45) is 7.51. The van der Waals surface area contributed by atoms with E-state index < -0.39 is 10.0 Å². The Hall–Kier alpha value is -0.570. The number of likely N-dealkylation sites (tertiary alicyclic amines) is 1. The average molecular weight is 345 g/mol. The maximum atomic E-state index is 12.9. The zero-order valence-corrected chi connectivity index (χ0v) is 14.4. The lowest BCUT2D eigenvalue weighted by molar-refractivity contribution is 0.183. The highest BCUT2D eigenvalue weighted by Crippen LogP contribution is 2.24. The van der Waals surface area contributed by atoms with Crippen molar-refractivity contribution in [1.82, 2.24) is 19.2 Å². The summed E-state index contributed by atoms with van der Waals surface area (Å²) in [7, 11) is -3.47. The smallest absolute Gasteiger partial charge is 0.260 e. The lowest BCUT2D eigenvalue weighted by atomic mass is 10.1. The summed E-state index contributed by atoms with van der Waals surface area (Å²) in [6, 6.07) is 0.0545. The van der Waals surface area contributed by atoms with Crippen LogP contribution >= 0.6 is 11.8 Å². The molecule has 1 N–H and O–H groups in total. The number of hydrogen-bond donors (Lipinski definition) is 1. The number of aromatic nitrogens is 2. The van der Waals surface area contributed by atoms with Crippen LogP contribution in [0.25, 0.3) is 0 Å². The number of sulfonamides is 1. The number of thioether (sulfide) groups is 1. The fourth-order valence-corrected chi connectivity index (χ4v) is 5.92. The molecule has 2 saturated heterocycles. The summed E-state index contributed by atoms with van der Waals surface area (Å²) in [6.45, 7) is 3.64. The van der Waals surface area contributed by atoms with Gasteiger partial charge in [-0.1, -0.05) is 6.42 Å². The van der Waals surface area contributed by atoms with Crippen molar-refractivity contribution in [1.29, 1.82) is 0 Å². The van der Waals surface area contributed by atoms with Gasteiger partial charge in [-0.15, -0.1) is 0 Å². The van der Waals surface area contributed by atoms with Crippen molar-refractivity contribution in [2.24, 2.45) is 0 Å². The van der Waals surface area contributed by atoms with Gasteiger partial charge < -0.3 is 9.88 Å². The SMILES string of the molecule is O=S(=O)(c1cnc[nH]1)N1CCCSCC1CN1CCCCC1. The fourth-order valence-electron chi connectivity index (χ4n) is 3.22. The van der Waals surface area contributed by atoms with E-state index in [0.29, 0.717) is 6.54 Å². The highest BCUT2D eigenvalue weighted by Gasteiger charge is 2.34. The lowest BCUT2D eigenvalue weighted by Gasteiger charge is -2.34. The van der Waals surface area contributed by atoms with Gasteiger partial charge in [0.15, 0.2) is 5.03 Å². The predicted octanol–water partition coefficient (Wildman–Crippen LogP) is 1.39. The molecule has 0 bridgehead atoms. The summed E-state index contributed by atoms with van der Waals surface area (Å²) >= 11 is 1.87. The molecule has 0 spiro atoms. The molecule has 1 aromatic heterocycles. The van der Waals surface area contributed by atoms with Crippen molar-refractivity contribution in [2.75, 3.05) is 37.7 Å². The summed E-state index contributed by atoms with van der Waals surface area (Å²) in [4.78, 5) is 9.05. The van der Waals surface area contributed by atoms with Crippen molar-refractivity contribution in [3.8, 4) is 0 Å². The number of rotatable bonds is 4. The first kappa shape index (κ1) is 16.3. The second-order valence-electron chi connectivity index (χ2n) is 5.98. The molecule has 0 aromatic carbocycles. The number of H-pyrrole nitrogens is 1. The van der Waals surface area contributed by atoms with Gasteiger partial charge in [0.2, 0.25) is 0 Å². The van der Waals surface area contributed by atoms with Gasteiger partial charge in [0, 0.05) is 24.9 Å². The van der Waals surface area contributed by atoms with E-state index in [9.17, 15) is 8.42 Å². The molecule has 22 heavy (non-hydrogen) atoms.